The Hall–Kier alpha value is -1.77. The molecular formula is C14H20N2O. The first-order chi connectivity index (χ1) is 8.33. The number of imidazole rings is 1. The van der Waals surface area contributed by atoms with E-state index in [1.54, 1.807) is 12.3 Å². The highest BCUT2D eigenvalue weighted by Gasteiger charge is 2.24. The SMILES string of the molecule is C=C/C=C\C=C(/C)C1COc2nccn21.CC. The maximum Gasteiger partial charge on any atom is 0.296 e. The Morgan fingerprint density at radius 2 is 2.29 bits per heavy atom. The molecule has 1 atom stereocenters. The predicted molar refractivity (Wildman–Crippen MR) is 71.2 cm³/mol. The number of ether oxygens (including phenoxy) is 1. The van der Waals surface area contributed by atoms with Crippen LogP contribution in [0.2, 0.25) is 0 Å². The molecule has 1 aliphatic heterocycles. The fraction of sp³-hybridized carbons (Fsp3) is 0.357. The summed E-state index contributed by atoms with van der Waals surface area (Å²) in [6, 6.07) is 0.984. The summed E-state index contributed by atoms with van der Waals surface area (Å²) in [5.41, 5.74) is 1.25. The van der Waals surface area contributed by atoms with E-state index in [4.69, 9.17) is 4.74 Å². The number of nitrogens with zero attached hydrogens (tertiary/aromatic N) is 2. The van der Waals surface area contributed by atoms with Crippen LogP contribution in [-0.2, 0) is 0 Å². The van der Waals surface area contributed by atoms with Gasteiger partial charge in [-0.1, -0.05) is 44.7 Å². The molecule has 0 aromatic carbocycles. The zero-order chi connectivity index (χ0) is 12.7. The average molecular weight is 232 g/mol. The monoisotopic (exact) mass is 232 g/mol. The molecule has 1 aliphatic rings. The molecule has 0 spiro atoms. The molecule has 3 heteroatoms. The minimum Gasteiger partial charge on any atom is -0.462 e. The highest BCUT2D eigenvalue weighted by Crippen LogP contribution is 2.28. The zero-order valence-corrected chi connectivity index (χ0v) is 10.8. The van der Waals surface area contributed by atoms with Gasteiger partial charge in [0.15, 0.2) is 0 Å². The molecule has 0 aliphatic carbocycles. The summed E-state index contributed by atoms with van der Waals surface area (Å²) in [5, 5.41) is 0. The maximum atomic E-state index is 5.45. The Balaban J connectivity index is 0.000000686. The number of hydrogen-bond acceptors (Lipinski definition) is 2. The molecule has 0 N–H and O–H groups in total. The third kappa shape index (κ3) is 3.09. The molecule has 0 saturated carbocycles. The first-order valence-electron chi connectivity index (χ1n) is 5.94. The second-order valence-corrected chi connectivity index (χ2v) is 3.48. The van der Waals surface area contributed by atoms with Gasteiger partial charge in [0.1, 0.15) is 6.61 Å². The van der Waals surface area contributed by atoms with Crippen LogP contribution in [-0.4, -0.2) is 16.2 Å². The van der Waals surface area contributed by atoms with E-state index >= 15 is 0 Å². The fourth-order valence-corrected chi connectivity index (χ4v) is 1.63. The third-order valence-electron chi connectivity index (χ3n) is 2.47. The molecule has 1 aromatic rings. The van der Waals surface area contributed by atoms with Crippen molar-refractivity contribution in [3.8, 4) is 6.01 Å². The minimum absolute atomic E-state index is 0.275. The first-order valence-corrected chi connectivity index (χ1v) is 5.94. The lowest BCUT2D eigenvalue weighted by Crippen LogP contribution is -2.07. The van der Waals surface area contributed by atoms with E-state index in [-0.39, 0.29) is 6.04 Å². The Morgan fingerprint density at radius 3 is 3.00 bits per heavy atom. The zero-order valence-electron chi connectivity index (χ0n) is 10.8. The minimum atomic E-state index is 0.275. The predicted octanol–water partition coefficient (Wildman–Crippen LogP) is 3.53. The summed E-state index contributed by atoms with van der Waals surface area (Å²) in [7, 11) is 0. The molecule has 0 saturated heterocycles. The van der Waals surface area contributed by atoms with Crippen LogP contribution in [0.1, 0.15) is 26.8 Å². The van der Waals surface area contributed by atoms with Crippen LogP contribution in [0.3, 0.4) is 0 Å². The van der Waals surface area contributed by atoms with Crippen LogP contribution in [0.15, 0.2) is 48.8 Å². The van der Waals surface area contributed by atoms with Crippen molar-refractivity contribution in [2.45, 2.75) is 26.8 Å². The van der Waals surface area contributed by atoms with Crippen LogP contribution in [0, 0.1) is 0 Å². The van der Waals surface area contributed by atoms with Gasteiger partial charge in [-0.3, -0.25) is 4.57 Å². The van der Waals surface area contributed by atoms with Gasteiger partial charge in [-0.2, -0.15) is 0 Å². The second-order valence-electron chi connectivity index (χ2n) is 3.48. The third-order valence-corrected chi connectivity index (χ3v) is 2.47. The van der Waals surface area contributed by atoms with E-state index in [9.17, 15) is 0 Å². The van der Waals surface area contributed by atoms with Gasteiger partial charge in [0.05, 0.1) is 6.04 Å². The molecule has 2 heterocycles. The summed E-state index contributed by atoms with van der Waals surface area (Å²) in [6.45, 7) is 10.4. The summed E-state index contributed by atoms with van der Waals surface area (Å²) in [6.07, 6.45) is 11.4. The molecule has 0 radical (unpaired) electrons. The summed E-state index contributed by atoms with van der Waals surface area (Å²) in [5.74, 6) is 0. The topological polar surface area (TPSA) is 27.1 Å². The highest BCUT2D eigenvalue weighted by atomic mass is 16.5. The number of fused-ring (bicyclic) bond motifs is 1. The molecule has 17 heavy (non-hydrogen) atoms. The van der Waals surface area contributed by atoms with Crippen molar-refractivity contribution in [1.29, 1.82) is 0 Å². The summed E-state index contributed by atoms with van der Waals surface area (Å²) in [4.78, 5) is 4.11. The van der Waals surface area contributed by atoms with Crippen molar-refractivity contribution in [1.82, 2.24) is 9.55 Å². The van der Waals surface area contributed by atoms with E-state index in [1.165, 1.54) is 5.57 Å². The van der Waals surface area contributed by atoms with Gasteiger partial charge >= 0.3 is 0 Å². The van der Waals surface area contributed by atoms with Crippen LogP contribution in [0.4, 0.5) is 0 Å². The van der Waals surface area contributed by atoms with Gasteiger partial charge < -0.3 is 4.74 Å². The first kappa shape index (κ1) is 13.3. The molecule has 0 bridgehead atoms. The van der Waals surface area contributed by atoms with Crippen LogP contribution < -0.4 is 4.74 Å². The number of allylic oxidation sites excluding steroid dienone is 4. The Labute approximate surface area is 103 Å². The van der Waals surface area contributed by atoms with Crippen molar-refractivity contribution < 1.29 is 4.74 Å². The molecule has 1 aromatic heterocycles. The number of aromatic nitrogens is 2. The van der Waals surface area contributed by atoms with E-state index in [0.29, 0.717) is 12.6 Å². The lowest BCUT2D eigenvalue weighted by atomic mass is 10.1. The smallest absolute Gasteiger partial charge is 0.296 e. The van der Waals surface area contributed by atoms with E-state index < -0.39 is 0 Å². The van der Waals surface area contributed by atoms with Gasteiger partial charge in [0, 0.05) is 12.4 Å². The van der Waals surface area contributed by atoms with Crippen LogP contribution >= 0.6 is 0 Å². The molecule has 3 nitrogen and oxygen atoms in total. The molecular weight excluding hydrogens is 212 g/mol. The quantitative estimate of drug-likeness (QED) is 0.745. The largest absolute Gasteiger partial charge is 0.462 e. The second kappa shape index (κ2) is 6.74. The van der Waals surface area contributed by atoms with Gasteiger partial charge in [-0.15, -0.1) is 0 Å². The molecule has 92 valence electrons. The lowest BCUT2D eigenvalue weighted by molar-refractivity contribution is 0.330. The number of rotatable bonds is 3. The maximum absolute atomic E-state index is 5.45. The Morgan fingerprint density at radius 1 is 1.53 bits per heavy atom. The van der Waals surface area contributed by atoms with Gasteiger partial charge in [0.25, 0.3) is 6.01 Å². The van der Waals surface area contributed by atoms with Crippen molar-refractivity contribution >= 4 is 0 Å². The average Bonchev–Trinajstić information content (AvgIpc) is 2.93. The highest BCUT2D eigenvalue weighted by molar-refractivity contribution is 5.21. The molecule has 0 amide bonds. The van der Waals surface area contributed by atoms with E-state index in [2.05, 4.69) is 24.6 Å². The van der Waals surface area contributed by atoms with Gasteiger partial charge in [0.2, 0.25) is 0 Å². The van der Waals surface area contributed by atoms with E-state index in [1.807, 2.05) is 36.8 Å². The van der Waals surface area contributed by atoms with Crippen molar-refractivity contribution in [3.05, 3.63) is 48.8 Å². The Bertz CT molecular complexity index is 416. The van der Waals surface area contributed by atoms with Crippen LogP contribution in [0.25, 0.3) is 0 Å². The van der Waals surface area contributed by atoms with E-state index in [0.717, 1.165) is 0 Å². The molecule has 2 rings (SSSR count). The lowest BCUT2D eigenvalue weighted by Gasteiger charge is -2.09. The summed E-state index contributed by atoms with van der Waals surface area (Å²) >= 11 is 0. The summed E-state index contributed by atoms with van der Waals surface area (Å²) < 4.78 is 7.49. The van der Waals surface area contributed by atoms with Gasteiger partial charge in [-0.25, -0.2) is 4.98 Å². The van der Waals surface area contributed by atoms with Gasteiger partial charge in [-0.05, 0) is 12.5 Å². The van der Waals surface area contributed by atoms with Crippen molar-refractivity contribution in [2.75, 3.05) is 6.61 Å². The van der Waals surface area contributed by atoms with Crippen molar-refractivity contribution in [3.63, 3.8) is 0 Å². The normalized spacial score (nSPS) is 18.3. The molecule has 1 unspecified atom stereocenters. The van der Waals surface area contributed by atoms with Crippen molar-refractivity contribution in [2.24, 2.45) is 0 Å². The standard InChI is InChI=1S/C12H14N2O.C2H6/c1-3-4-5-6-10(2)11-9-15-12-13-7-8-14(11)12;1-2/h3-8,11H,1,9H2,2H3;1-2H3/b5-4-,10-6+;. The Kier molecular flexibility index (Phi) is 5.27. The fourth-order valence-electron chi connectivity index (χ4n) is 1.63. The van der Waals surface area contributed by atoms with Crippen LogP contribution in [0.5, 0.6) is 6.01 Å². The number of hydrogen-bond donors (Lipinski definition) is 0. The molecule has 0 fully saturated rings.